The molecular weight excluding hydrogens is 424 g/mol. The summed E-state index contributed by atoms with van der Waals surface area (Å²) in [6.45, 7) is 4.08. The normalized spacial score (nSPS) is 15.9. The molecule has 0 radical (unpaired) electrons. The van der Waals surface area contributed by atoms with Crippen molar-refractivity contribution in [2.24, 2.45) is 5.92 Å². The number of rotatable bonds is 6. The number of imidazole rings is 1. The van der Waals surface area contributed by atoms with Gasteiger partial charge in [-0.1, -0.05) is 18.2 Å². The molecule has 1 saturated carbocycles. The van der Waals surface area contributed by atoms with Crippen LogP contribution < -0.4 is 9.64 Å². The van der Waals surface area contributed by atoms with Crippen molar-refractivity contribution in [3.05, 3.63) is 66.2 Å². The van der Waals surface area contributed by atoms with Crippen LogP contribution in [0.3, 0.4) is 0 Å². The van der Waals surface area contributed by atoms with Crippen molar-refractivity contribution in [3.63, 3.8) is 0 Å². The summed E-state index contributed by atoms with van der Waals surface area (Å²) in [7, 11) is 0. The Hall–Kier alpha value is -3.82. The fraction of sp³-hybridized carbons (Fsp3) is 0.286. The zero-order valence-corrected chi connectivity index (χ0v) is 19.0. The minimum absolute atomic E-state index is 0.560. The number of hydrogen-bond donors (Lipinski definition) is 1. The van der Waals surface area contributed by atoms with Crippen LogP contribution in [0.25, 0.3) is 33.5 Å². The van der Waals surface area contributed by atoms with Gasteiger partial charge in [-0.3, -0.25) is 0 Å². The highest BCUT2D eigenvalue weighted by Crippen LogP contribution is 2.34. The van der Waals surface area contributed by atoms with Gasteiger partial charge in [-0.05, 0) is 66.8 Å². The molecule has 1 saturated heterocycles. The first kappa shape index (κ1) is 20.8. The standard InChI is InChI=1S/C28H26N4O2/c29-17-22-16-21(8-11-26(22)34-18-19-4-5-19)24-2-1-3-25-27(24)31-28(30-25)20-6-9-23(10-7-20)32-12-14-33-15-13-32/h1-3,6-11,16,19H,4-5,12-15,18H2,(H,30,31). The zero-order chi connectivity index (χ0) is 22.9. The van der Waals surface area contributed by atoms with E-state index in [4.69, 9.17) is 14.5 Å². The van der Waals surface area contributed by atoms with Crippen LogP contribution in [0.2, 0.25) is 0 Å². The summed E-state index contributed by atoms with van der Waals surface area (Å²) in [6.07, 6.45) is 2.44. The predicted molar refractivity (Wildman–Crippen MR) is 133 cm³/mol. The molecule has 1 aromatic heterocycles. The minimum atomic E-state index is 0.560. The van der Waals surface area contributed by atoms with E-state index in [1.54, 1.807) is 0 Å². The van der Waals surface area contributed by atoms with Gasteiger partial charge in [-0.2, -0.15) is 5.26 Å². The summed E-state index contributed by atoms with van der Waals surface area (Å²) in [5.74, 6) is 2.14. The third-order valence-corrected chi connectivity index (χ3v) is 6.61. The molecule has 1 N–H and O–H groups in total. The van der Waals surface area contributed by atoms with Crippen molar-refractivity contribution in [2.75, 3.05) is 37.8 Å². The summed E-state index contributed by atoms with van der Waals surface area (Å²) < 4.78 is 11.4. The van der Waals surface area contributed by atoms with E-state index in [-0.39, 0.29) is 0 Å². The van der Waals surface area contributed by atoms with Gasteiger partial charge >= 0.3 is 0 Å². The Balaban J connectivity index is 1.30. The number of hydrogen-bond acceptors (Lipinski definition) is 5. The van der Waals surface area contributed by atoms with E-state index in [2.05, 4.69) is 46.3 Å². The number of nitrogens with one attached hydrogen (secondary N) is 1. The number of benzene rings is 3. The molecule has 3 aromatic carbocycles. The molecule has 6 nitrogen and oxygen atoms in total. The molecule has 1 aliphatic carbocycles. The lowest BCUT2D eigenvalue weighted by Crippen LogP contribution is -2.36. The first-order valence-electron chi connectivity index (χ1n) is 11.9. The zero-order valence-electron chi connectivity index (χ0n) is 19.0. The van der Waals surface area contributed by atoms with Gasteiger partial charge in [0.15, 0.2) is 0 Å². The molecule has 4 aromatic rings. The number of para-hydroxylation sites is 1. The Bertz CT molecular complexity index is 1360. The van der Waals surface area contributed by atoms with Crippen LogP contribution in [0.4, 0.5) is 5.69 Å². The molecule has 2 fully saturated rings. The molecule has 170 valence electrons. The number of nitriles is 1. The lowest BCUT2D eigenvalue weighted by atomic mass is 10.0. The number of nitrogens with zero attached hydrogens (tertiary/aromatic N) is 3. The maximum absolute atomic E-state index is 9.69. The molecule has 1 aliphatic heterocycles. The van der Waals surface area contributed by atoms with Crippen molar-refractivity contribution in [1.29, 1.82) is 5.26 Å². The second-order valence-corrected chi connectivity index (χ2v) is 9.01. The van der Waals surface area contributed by atoms with E-state index in [1.165, 1.54) is 18.5 Å². The molecule has 2 heterocycles. The van der Waals surface area contributed by atoms with Crippen molar-refractivity contribution >= 4 is 16.7 Å². The van der Waals surface area contributed by atoms with Crippen LogP contribution in [0.1, 0.15) is 18.4 Å². The molecule has 0 atom stereocenters. The first-order chi connectivity index (χ1) is 16.8. The number of ether oxygens (including phenoxy) is 2. The summed E-state index contributed by atoms with van der Waals surface area (Å²) in [6, 6.07) is 22.8. The fourth-order valence-corrected chi connectivity index (χ4v) is 4.46. The number of fused-ring (bicyclic) bond motifs is 1. The van der Waals surface area contributed by atoms with E-state index in [0.717, 1.165) is 59.9 Å². The average molecular weight is 451 g/mol. The van der Waals surface area contributed by atoms with Crippen LogP contribution >= 0.6 is 0 Å². The van der Waals surface area contributed by atoms with E-state index in [9.17, 15) is 5.26 Å². The molecule has 0 bridgehead atoms. The molecule has 34 heavy (non-hydrogen) atoms. The Morgan fingerprint density at radius 1 is 1.03 bits per heavy atom. The lowest BCUT2D eigenvalue weighted by Gasteiger charge is -2.28. The number of morpholine rings is 1. The Labute approximate surface area is 198 Å². The number of aromatic nitrogens is 2. The smallest absolute Gasteiger partial charge is 0.138 e. The van der Waals surface area contributed by atoms with E-state index in [0.29, 0.717) is 23.8 Å². The second kappa shape index (κ2) is 8.85. The molecule has 2 aliphatic rings. The Kier molecular flexibility index (Phi) is 5.40. The SMILES string of the molecule is N#Cc1cc(-c2cccc3[nH]c(-c4ccc(N5CCOCC5)cc4)nc23)ccc1OCC1CC1. The van der Waals surface area contributed by atoms with Crippen molar-refractivity contribution in [2.45, 2.75) is 12.8 Å². The average Bonchev–Trinajstić information content (AvgIpc) is 3.63. The fourth-order valence-electron chi connectivity index (χ4n) is 4.46. The molecule has 6 heteroatoms. The van der Waals surface area contributed by atoms with Gasteiger partial charge in [0, 0.05) is 29.9 Å². The number of H-pyrrole nitrogens is 1. The van der Waals surface area contributed by atoms with Crippen LogP contribution in [-0.2, 0) is 4.74 Å². The number of aromatic amines is 1. The third-order valence-electron chi connectivity index (χ3n) is 6.61. The molecular formula is C28H26N4O2. The highest BCUT2D eigenvalue weighted by Gasteiger charge is 2.22. The largest absolute Gasteiger partial charge is 0.492 e. The van der Waals surface area contributed by atoms with Crippen LogP contribution in [0, 0.1) is 17.2 Å². The van der Waals surface area contributed by atoms with Gasteiger partial charge in [0.05, 0.1) is 36.4 Å². The topological polar surface area (TPSA) is 74.2 Å². The molecule has 0 spiro atoms. The Morgan fingerprint density at radius 2 is 1.82 bits per heavy atom. The van der Waals surface area contributed by atoms with Gasteiger partial charge in [0.25, 0.3) is 0 Å². The maximum Gasteiger partial charge on any atom is 0.138 e. The summed E-state index contributed by atoms with van der Waals surface area (Å²) in [5, 5.41) is 9.69. The van der Waals surface area contributed by atoms with Gasteiger partial charge in [0.2, 0.25) is 0 Å². The summed E-state index contributed by atoms with van der Waals surface area (Å²) in [5.41, 5.74) is 6.63. The quantitative estimate of drug-likeness (QED) is 0.426. The van der Waals surface area contributed by atoms with E-state index in [1.807, 2.05) is 30.3 Å². The predicted octanol–water partition coefficient (Wildman–Crippen LogP) is 5.39. The van der Waals surface area contributed by atoms with Crippen molar-refractivity contribution in [1.82, 2.24) is 9.97 Å². The first-order valence-corrected chi connectivity index (χ1v) is 11.9. The summed E-state index contributed by atoms with van der Waals surface area (Å²) in [4.78, 5) is 10.8. The highest BCUT2D eigenvalue weighted by molar-refractivity contribution is 5.94. The van der Waals surface area contributed by atoms with Crippen LogP contribution in [0.15, 0.2) is 60.7 Å². The summed E-state index contributed by atoms with van der Waals surface area (Å²) >= 11 is 0. The van der Waals surface area contributed by atoms with E-state index >= 15 is 0 Å². The van der Waals surface area contributed by atoms with Gasteiger partial charge < -0.3 is 19.4 Å². The van der Waals surface area contributed by atoms with Crippen LogP contribution in [0.5, 0.6) is 5.75 Å². The maximum atomic E-state index is 9.69. The number of anilines is 1. The van der Waals surface area contributed by atoms with Gasteiger partial charge in [-0.15, -0.1) is 0 Å². The van der Waals surface area contributed by atoms with Gasteiger partial charge in [0.1, 0.15) is 17.6 Å². The second-order valence-electron chi connectivity index (χ2n) is 9.01. The highest BCUT2D eigenvalue weighted by atomic mass is 16.5. The molecule has 0 unspecified atom stereocenters. The lowest BCUT2D eigenvalue weighted by molar-refractivity contribution is 0.122. The van der Waals surface area contributed by atoms with Crippen molar-refractivity contribution < 1.29 is 9.47 Å². The van der Waals surface area contributed by atoms with E-state index < -0.39 is 0 Å². The Morgan fingerprint density at radius 3 is 2.59 bits per heavy atom. The van der Waals surface area contributed by atoms with Gasteiger partial charge in [-0.25, -0.2) is 4.98 Å². The van der Waals surface area contributed by atoms with Crippen molar-refractivity contribution in [3.8, 4) is 34.3 Å². The minimum Gasteiger partial charge on any atom is -0.492 e. The molecule has 0 amide bonds. The van der Waals surface area contributed by atoms with Crippen LogP contribution in [-0.4, -0.2) is 42.9 Å². The third kappa shape index (κ3) is 4.11. The monoisotopic (exact) mass is 450 g/mol. The molecule has 6 rings (SSSR count).